The molecule has 0 heterocycles. The monoisotopic (exact) mass is 274 g/mol. The van der Waals surface area contributed by atoms with E-state index in [2.05, 4.69) is 20.8 Å². The number of carbonyl (C=O) groups excluding carboxylic acids is 1. The molecule has 0 unspecified atom stereocenters. The first kappa shape index (κ1) is 18.6. The van der Waals surface area contributed by atoms with Crippen LogP contribution in [0.2, 0.25) is 0 Å². The maximum Gasteiger partial charge on any atom is 0.160 e. The molecule has 0 saturated heterocycles. The van der Waals surface area contributed by atoms with Crippen molar-refractivity contribution in [3.05, 3.63) is 0 Å². The van der Waals surface area contributed by atoms with Gasteiger partial charge in [0.15, 0.2) is 5.78 Å². The first-order valence-corrected chi connectivity index (χ1v) is 7.09. The normalized spacial score (nSPS) is 12.1. The highest BCUT2D eigenvalue weighted by Crippen LogP contribution is 2.17. The summed E-state index contributed by atoms with van der Waals surface area (Å²) >= 11 is 0. The van der Waals surface area contributed by atoms with Crippen molar-refractivity contribution in [1.82, 2.24) is 0 Å². The second-order valence-corrected chi connectivity index (χ2v) is 6.21. The number of carbonyl (C=O) groups is 1. The van der Waals surface area contributed by atoms with Crippen molar-refractivity contribution in [2.45, 2.75) is 41.0 Å². The molecule has 0 rings (SSSR count). The minimum Gasteiger partial charge on any atom is -0.379 e. The lowest BCUT2D eigenvalue weighted by atomic mass is 9.93. The molecule has 0 aromatic heterocycles. The van der Waals surface area contributed by atoms with E-state index in [0.29, 0.717) is 31.8 Å². The fraction of sp³-hybridized carbons (Fsp3) is 0.933. The van der Waals surface area contributed by atoms with Crippen LogP contribution in [0.25, 0.3) is 0 Å². The van der Waals surface area contributed by atoms with Crippen molar-refractivity contribution in [2.75, 3.05) is 39.6 Å². The summed E-state index contributed by atoms with van der Waals surface area (Å²) in [5.41, 5.74) is 0.317. The molecule has 0 aliphatic heterocycles. The molecule has 0 saturated carbocycles. The average Bonchev–Trinajstić information content (AvgIpc) is 2.29. The molecule has 0 N–H and O–H groups in total. The highest BCUT2D eigenvalue weighted by Gasteiger charge is 2.09. The number of ketones is 1. The van der Waals surface area contributed by atoms with E-state index >= 15 is 0 Å². The van der Waals surface area contributed by atoms with Gasteiger partial charge in [0.2, 0.25) is 0 Å². The zero-order valence-corrected chi connectivity index (χ0v) is 13.2. The lowest BCUT2D eigenvalue weighted by Crippen LogP contribution is -2.17. The second-order valence-electron chi connectivity index (χ2n) is 6.21. The summed E-state index contributed by atoms with van der Waals surface area (Å²) in [7, 11) is 0. The van der Waals surface area contributed by atoms with E-state index in [-0.39, 0.29) is 18.3 Å². The van der Waals surface area contributed by atoms with E-state index in [1.165, 1.54) is 0 Å². The zero-order valence-electron chi connectivity index (χ0n) is 13.2. The van der Waals surface area contributed by atoms with Gasteiger partial charge in [0, 0.05) is 12.5 Å². The van der Waals surface area contributed by atoms with Crippen LogP contribution in [0, 0.1) is 11.3 Å². The maximum atomic E-state index is 11.2. The molecule has 0 amide bonds. The standard InChI is InChI=1S/C15H30O4/c1-13(2)14(16)12-19-11-10-18-9-8-17-7-6-15(3,4)5/h13H,6-12H2,1-5H3. The van der Waals surface area contributed by atoms with Crippen molar-refractivity contribution < 1.29 is 19.0 Å². The van der Waals surface area contributed by atoms with Gasteiger partial charge in [-0.05, 0) is 11.8 Å². The lowest BCUT2D eigenvalue weighted by Gasteiger charge is -2.17. The topological polar surface area (TPSA) is 44.8 Å². The van der Waals surface area contributed by atoms with Crippen LogP contribution in [0.4, 0.5) is 0 Å². The van der Waals surface area contributed by atoms with Gasteiger partial charge in [0.05, 0.1) is 26.4 Å². The van der Waals surface area contributed by atoms with Crippen LogP contribution in [0.15, 0.2) is 0 Å². The van der Waals surface area contributed by atoms with Gasteiger partial charge in [-0.3, -0.25) is 4.79 Å². The van der Waals surface area contributed by atoms with Crippen molar-refractivity contribution in [3.63, 3.8) is 0 Å². The molecule has 0 atom stereocenters. The maximum absolute atomic E-state index is 11.2. The Kier molecular flexibility index (Phi) is 10.1. The smallest absolute Gasteiger partial charge is 0.160 e. The number of hydrogen-bond acceptors (Lipinski definition) is 4. The molecule has 0 spiro atoms. The molecule has 0 bridgehead atoms. The first-order chi connectivity index (χ1) is 8.83. The van der Waals surface area contributed by atoms with Crippen LogP contribution >= 0.6 is 0 Å². The molecule has 0 aromatic carbocycles. The minimum absolute atomic E-state index is 0.0390. The molecular weight excluding hydrogens is 244 g/mol. The van der Waals surface area contributed by atoms with Crippen LogP contribution in [0.3, 0.4) is 0 Å². The van der Waals surface area contributed by atoms with Gasteiger partial charge in [-0.1, -0.05) is 34.6 Å². The SMILES string of the molecule is CC(C)C(=O)COCCOCCOCCC(C)(C)C. The Morgan fingerprint density at radius 1 is 0.895 bits per heavy atom. The van der Waals surface area contributed by atoms with Gasteiger partial charge < -0.3 is 14.2 Å². The molecule has 114 valence electrons. The Bertz CT molecular complexity index is 231. The molecule has 0 aliphatic rings. The van der Waals surface area contributed by atoms with Crippen molar-refractivity contribution in [3.8, 4) is 0 Å². The quantitative estimate of drug-likeness (QED) is 0.543. The largest absolute Gasteiger partial charge is 0.379 e. The van der Waals surface area contributed by atoms with E-state index < -0.39 is 0 Å². The third kappa shape index (κ3) is 13.8. The third-order valence-electron chi connectivity index (χ3n) is 2.63. The van der Waals surface area contributed by atoms with Gasteiger partial charge in [-0.15, -0.1) is 0 Å². The van der Waals surface area contributed by atoms with Gasteiger partial charge in [-0.2, -0.15) is 0 Å². The van der Waals surface area contributed by atoms with Crippen LogP contribution < -0.4 is 0 Å². The highest BCUT2D eigenvalue weighted by atomic mass is 16.5. The Morgan fingerprint density at radius 2 is 1.37 bits per heavy atom. The van der Waals surface area contributed by atoms with Crippen molar-refractivity contribution in [2.24, 2.45) is 11.3 Å². The van der Waals surface area contributed by atoms with Crippen LogP contribution in [0.1, 0.15) is 41.0 Å². The first-order valence-electron chi connectivity index (χ1n) is 7.09. The average molecular weight is 274 g/mol. The van der Waals surface area contributed by atoms with E-state index in [9.17, 15) is 4.79 Å². The predicted molar refractivity (Wildman–Crippen MR) is 76.4 cm³/mol. The van der Waals surface area contributed by atoms with Gasteiger partial charge >= 0.3 is 0 Å². The van der Waals surface area contributed by atoms with Gasteiger partial charge in [-0.25, -0.2) is 0 Å². The lowest BCUT2D eigenvalue weighted by molar-refractivity contribution is -0.127. The van der Waals surface area contributed by atoms with Crippen LogP contribution in [0.5, 0.6) is 0 Å². The van der Waals surface area contributed by atoms with Gasteiger partial charge in [0.25, 0.3) is 0 Å². The third-order valence-corrected chi connectivity index (χ3v) is 2.63. The highest BCUT2D eigenvalue weighted by molar-refractivity contribution is 5.81. The molecular formula is C15H30O4. The van der Waals surface area contributed by atoms with Gasteiger partial charge in [0.1, 0.15) is 6.61 Å². The van der Waals surface area contributed by atoms with E-state index in [1.807, 2.05) is 13.8 Å². The predicted octanol–water partition coefficient (Wildman–Crippen LogP) is 2.70. The summed E-state index contributed by atoms with van der Waals surface area (Å²) in [6, 6.07) is 0. The number of Topliss-reactive ketones (excluding diaryl/α,β-unsaturated/α-hetero) is 1. The fourth-order valence-corrected chi connectivity index (χ4v) is 1.16. The molecule has 4 nitrogen and oxygen atoms in total. The summed E-state index contributed by atoms with van der Waals surface area (Å²) in [4.78, 5) is 11.2. The zero-order chi connectivity index (χ0) is 14.7. The summed E-state index contributed by atoms with van der Waals surface area (Å²) < 4.78 is 16.0. The Labute approximate surface area is 117 Å². The molecule has 0 radical (unpaired) electrons. The minimum atomic E-state index is 0.0390. The van der Waals surface area contributed by atoms with Crippen LogP contribution in [-0.2, 0) is 19.0 Å². The molecule has 0 fully saturated rings. The summed E-state index contributed by atoms with van der Waals surface area (Å²) in [6.07, 6.45) is 1.05. The van der Waals surface area contributed by atoms with E-state index in [1.54, 1.807) is 0 Å². The Balaban J connectivity index is 3.18. The number of hydrogen-bond donors (Lipinski definition) is 0. The van der Waals surface area contributed by atoms with E-state index in [4.69, 9.17) is 14.2 Å². The van der Waals surface area contributed by atoms with E-state index in [0.717, 1.165) is 13.0 Å². The van der Waals surface area contributed by atoms with Crippen LogP contribution in [-0.4, -0.2) is 45.4 Å². The molecule has 0 aliphatic carbocycles. The van der Waals surface area contributed by atoms with Crippen molar-refractivity contribution in [1.29, 1.82) is 0 Å². The number of rotatable bonds is 11. The summed E-state index contributed by atoms with van der Waals surface area (Å²) in [5, 5.41) is 0. The summed E-state index contributed by atoms with van der Waals surface area (Å²) in [6.45, 7) is 13.4. The number of ether oxygens (including phenoxy) is 3. The Hall–Kier alpha value is -0.450. The van der Waals surface area contributed by atoms with Crippen molar-refractivity contribution >= 4 is 5.78 Å². The molecule has 0 aromatic rings. The molecule has 4 heteroatoms. The molecule has 19 heavy (non-hydrogen) atoms. The fourth-order valence-electron chi connectivity index (χ4n) is 1.16. The summed E-state index contributed by atoms with van der Waals surface area (Å²) in [5.74, 6) is 0.169. The Morgan fingerprint density at radius 3 is 1.84 bits per heavy atom. The second kappa shape index (κ2) is 10.4.